The predicted molar refractivity (Wildman–Crippen MR) is 97.5 cm³/mol. The van der Waals surface area contributed by atoms with Crippen molar-refractivity contribution in [3.05, 3.63) is 36.3 Å². The number of nitrogens with two attached hydrogens (primary N) is 1. The van der Waals surface area contributed by atoms with Crippen LogP contribution in [0.15, 0.2) is 35.6 Å². The van der Waals surface area contributed by atoms with Crippen molar-refractivity contribution in [1.82, 2.24) is 35.6 Å². The van der Waals surface area contributed by atoms with Gasteiger partial charge in [-0.3, -0.25) is 0 Å². The molecule has 0 bridgehead atoms. The lowest BCUT2D eigenvalue weighted by molar-refractivity contribution is 0.443. The minimum Gasteiger partial charge on any atom is -0.382 e. The molecule has 0 aromatic carbocycles. The zero-order chi connectivity index (χ0) is 17.9. The van der Waals surface area contributed by atoms with E-state index in [0.717, 1.165) is 31.6 Å². The van der Waals surface area contributed by atoms with Crippen LogP contribution < -0.4 is 16.0 Å². The highest BCUT2D eigenvalue weighted by Gasteiger charge is 2.22. The molecule has 3 aromatic rings. The highest BCUT2D eigenvalue weighted by Crippen LogP contribution is 2.23. The Morgan fingerprint density at radius 1 is 1.27 bits per heavy atom. The summed E-state index contributed by atoms with van der Waals surface area (Å²) in [6.45, 7) is 2.02. The SMILES string of the molecule is CN(c1ccnnc1C(N)=Nc1ccc2nnnn2c1)C1CCNCC1. The Hall–Kier alpha value is -3.14. The average molecular weight is 352 g/mol. The van der Waals surface area contributed by atoms with E-state index in [4.69, 9.17) is 5.73 Å². The zero-order valence-corrected chi connectivity index (χ0v) is 14.4. The van der Waals surface area contributed by atoms with Crippen LogP contribution in [0, 0.1) is 0 Å². The molecule has 0 atom stereocenters. The number of hydrogen-bond donors (Lipinski definition) is 2. The number of piperidine rings is 1. The van der Waals surface area contributed by atoms with E-state index in [1.165, 1.54) is 0 Å². The normalized spacial score (nSPS) is 16.1. The van der Waals surface area contributed by atoms with E-state index in [9.17, 15) is 0 Å². The zero-order valence-electron chi connectivity index (χ0n) is 14.4. The summed E-state index contributed by atoms with van der Waals surface area (Å²) < 4.78 is 1.55. The molecule has 10 heteroatoms. The van der Waals surface area contributed by atoms with Crippen molar-refractivity contribution >= 4 is 22.9 Å². The molecule has 3 N–H and O–H groups in total. The minimum absolute atomic E-state index is 0.307. The van der Waals surface area contributed by atoms with E-state index in [1.807, 2.05) is 12.1 Å². The van der Waals surface area contributed by atoms with Crippen molar-refractivity contribution in [2.45, 2.75) is 18.9 Å². The highest BCUT2D eigenvalue weighted by atomic mass is 15.5. The fraction of sp³-hybridized carbons (Fsp3) is 0.375. The van der Waals surface area contributed by atoms with Crippen LogP contribution in [0.2, 0.25) is 0 Å². The van der Waals surface area contributed by atoms with Crippen molar-refractivity contribution in [3.63, 3.8) is 0 Å². The molecule has 3 aromatic heterocycles. The largest absolute Gasteiger partial charge is 0.382 e. The summed E-state index contributed by atoms with van der Waals surface area (Å²) in [4.78, 5) is 6.70. The predicted octanol–water partition coefficient (Wildman–Crippen LogP) is 0.139. The summed E-state index contributed by atoms with van der Waals surface area (Å²) in [5.74, 6) is 0.307. The molecule has 1 saturated heterocycles. The number of pyridine rings is 1. The summed E-state index contributed by atoms with van der Waals surface area (Å²) in [6.07, 6.45) is 5.54. The van der Waals surface area contributed by atoms with Gasteiger partial charge in [0, 0.05) is 13.1 Å². The standard InChI is InChI=1S/C16H20N10/c1-25(12-4-7-18-8-5-12)13-6-9-19-22-15(13)16(17)20-11-2-3-14-21-23-24-26(14)10-11/h2-3,6,9-10,12,18H,4-5,7-8H2,1H3,(H2,17,20). The van der Waals surface area contributed by atoms with Crippen LogP contribution in [0.25, 0.3) is 5.65 Å². The van der Waals surface area contributed by atoms with Crippen molar-refractivity contribution in [1.29, 1.82) is 0 Å². The molecule has 0 aliphatic carbocycles. The van der Waals surface area contributed by atoms with Gasteiger partial charge in [0.2, 0.25) is 0 Å². The quantitative estimate of drug-likeness (QED) is 0.502. The number of aromatic nitrogens is 6. The van der Waals surface area contributed by atoms with Gasteiger partial charge < -0.3 is 16.0 Å². The molecule has 10 nitrogen and oxygen atoms in total. The minimum atomic E-state index is 0.307. The number of rotatable bonds is 4. The number of amidine groups is 1. The Kier molecular flexibility index (Phi) is 4.40. The van der Waals surface area contributed by atoms with E-state index in [1.54, 1.807) is 23.0 Å². The van der Waals surface area contributed by atoms with Gasteiger partial charge in [0.15, 0.2) is 17.2 Å². The van der Waals surface area contributed by atoms with Crippen LogP contribution in [0.1, 0.15) is 18.5 Å². The average Bonchev–Trinajstić information content (AvgIpc) is 3.16. The molecule has 1 aliphatic rings. The third kappa shape index (κ3) is 3.18. The van der Waals surface area contributed by atoms with Gasteiger partial charge in [0.05, 0.1) is 23.8 Å². The lowest BCUT2D eigenvalue weighted by Gasteiger charge is -2.33. The molecular weight excluding hydrogens is 332 g/mol. The molecule has 4 heterocycles. The van der Waals surface area contributed by atoms with Crippen molar-refractivity contribution < 1.29 is 0 Å². The Labute approximate surface area is 150 Å². The van der Waals surface area contributed by atoms with Crippen molar-refractivity contribution in [2.75, 3.05) is 25.0 Å². The van der Waals surface area contributed by atoms with Crippen LogP contribution in [-0.2, 0) is 0 Å². The fourth-order valence-electron chi connectivity index (χ4n) is 3.17. The fourth-order valence-corrected chi connectivity index (χ4v) is 3.17. The highest BCUT2D eigenvalue weighted by molar-refractivity contribution is 6.01. The summed E-state index contributed by atoms with van der Waals surface area (Å²) in [7, 11) is 2.07. The number of nitrogens with zero attached hydrogens (tertiary/aromatic N) is 8. The summed E-state index contributed by atoms with van der Waals surface area (Å²) in [6, 6.07) is 5.96. The first-order chi connectivity index (χ1) is 12.7. The van der Waals surface area contributed by atoms with Crippen molar-refractivity contribution in [2.24, 2.45) is 10.7 Å². The summed E-state index contributed by atoms with van der Waals surface area (Å²) >= 11 is 0. The van der Waals surface area contributed by atoms with Gasteiger partial charge in [0.1, 0.15) is 0 Å². The summed E-state index contributed by atoms with van der Waals surface area (Å²) in [5.41, 5.74) is 9.05. The molecule has 134 valence electrons. The first-order valence-electron chi connectivity index (χ1n) is 8.50. The Bertz CT molecular complexity index is 927. The lowest BCUT2D eigenvalue weighted by atomic mass is 10.0. The molecule has 0 unspecified atom stereocenters. The van der Waals surface area contributed by atoms with Gasteiger partial charge in [-0.25, -0.2) is 4.99 Å². The molecular formula is C16H20N10. The molecule has 0 spiro atoms. The molecule has 0 radical (unpaired) electrons. The smallest absolute Gasteiger partial charge is 0.179 e. The second-order valence-electron chi connectivity index (χ2n) is 6.22. The molecule has 0 saturated carbocycles. The van der Waals surface area contributed by atoms with E-state index < -0.39 is 0 Å². The Morgan fingerprint density at radius 3 is 2.96 bits per heavy atom. The maximum Gasteiger partial charge on any atom is 0.179 e. The third-order valence-electron chi connectivity index (χ3n) is 4.60. The number of hydrogen-bond acceptors (Lipinski definition) is 8. The lowest BCUT2D eigenvalue weighted by Crippen LogP contribution is -2.42. The third-order valence-corrected chi connectivity index (χ3v) is 4.60. The van der Waals surface area contributed by atoms with Crippen LogP contribution in [-0.4, -0.2) is 62.3 Å². The van der Waals surface area contributed by atoms with E-state index >= 15 is 0 Å². The number of aliphatic imine (C=N–C) groups is 1. The number of fused-ring (bicyclic) bond motifs is 1. The molecule has 0 amide bonds. The van der Waals surface area contributed by atoms with Crippen LogP contribution in [0.4, 0.5) is 11.4 Å². The van der Waals surface area contributed by atoms with Gasteiger partial charge in [0.25, 0.3) is 0 Å². The Morgan fingerprint density at radius 2 is 2.12 bits per heavy atom. The van der Waals surface area contributed by atoms with Gasteiger partial charge in [-0.1, -0.05) is 0 Å². The number of anilines is 1. The Balaban J connectivity index is 1.65. The first-order valence-corrected chi connectivity index (χ1v) is 8.50. The van der Waals surface area contributed by atoms with Gasteiger partial charge in [-0.15, -0.1) is 10.2 Å². The maximum absolute atomic E-state index is 6.26. The topological polar surface area (TPSA) is 123 Å². The first kappa shape index (κ1) is 16.3. The second kappa shape index (κ2) is 7.00. The van der Waals surface area contributed by atoms with Crippen molar-refractivity contribution in [3.8, 4) is 0 Å². The molecule has 4 rings (SSSR count). The van der Waals surface area contributed by atoms with Crippen LogP contribution in [0.3, 0.4) is 0 Å². The van der Waals surface area contributed by atoms with Crippen LogP contribution >= 0.6 is 0 Å². The van der Waals surface area contributed by atoms with E-state index in [0.29, 0.717) is 28.9 Å². The second-order valence-corrected chi connectivity index (χ2v) is 6.22. The van der Waals surface area contributed by atoms with Gasteiger partial charge in [-0.2, -0.15) is 9.61 Å². The monoisotopic (exact) mass is 352 g/mol. The number of tetrazole rings is 1. The van der Waals surface area contributed by atoms with E-state index in [2.05, 4.69) is 48.0 Å². The summed E-state index contributed by atoms with van der Waals surface area (Å²) in [5, 5.41) is 23.0. The molecule has 1 fully saturated rings. The molecule has 1 aliphatic heterocycles. The van der Waals surface area contributed by atoms with Gasteiger partial charge in [-0.05, 0) is 54.6 Å². The maximum atomic E-state index is 6.26. The number of nitrogens with one attached hydrogen (secondary N) is 1. The van der Waals surface area contributed by atoms with Crippen LogP contribution in [0.5, 0.6) is 0 Å². The van der Waals surface area contributed by atoms with Gasteiger partial charge >= 0.3 is 0 Å². The molecule has 26 heavy (non-hydrogen) atoms. The van der Waals surface area contributed by atoms with E-state index in [-0.39, 0.29) is 0 Å².